The van der Waals surface area contributed by atoms with Crippen LogP contribution in [-0.2, 0) is 9.59 Å². The number of piperazine rings is 1. The van der Waals surface area contributed by atoms with Crippen molar-refractivity contribution < 1.29 is 14.3 Å². The van der Waals surface area contributed by atoms with Crippen LogP contribution < -0.4 is 15.0 Å². The molecule has 2 fully saturated rings. The fourth-order valence-corrected chi connectivity index (χ4v) is 4.28. The van der Waals surface area contributed by atoms with Crippen LogP contribution in [0.15, 0.2) is 54.6 Å². The molecule has 0 spiro atoms. The average Bonchev–Trinajstić information content (AvgIpc) is 3.12. The zero-order valence-electron chi connectivity index (χ0n) is 16.7. The lowest BCUT2D eigenvalue weighted by Gasteiger charge is -2.33. The fraction of sp³-hybridized carbons (Fsp3) is 0.391. The highest BCUT2D eigenvalue weighted by atomic mass is 16.5. The molecule has 0 unspecified atom stereocenters. The molecular formula is C23H27N3O3. The van der Waals surface area contributed by atoms with E-state index in [0.29, 0.717) is 19.7 Å². The van der Waals surface area contributed by atoms with Crippen molar-refractivity contribution in [1.29, 1.82) is 0 Å². The second kappa shape index (κ2) is 8.66. The van der Waals surface area contributed by atoms with Crippen molar-refractivity contribution in [3.05, 3.63) is 60.2 Å². The minimum atomic E-state index is -0.380. The number of anilines is 1. The molecule has 2 amide bonds. The third-order valence-corrected chi connectivity index (χ3v) is 5.64. The zero-order valence-corrected chi connectivity index (χ0v) is 16.7. The lowest BCUT2D eigenvalue weighted by Crippen LogP contribution is -2.49. The molecule has 0 saturated carbocycles. The molecule has 4 rings (SSSR count). The van der Waals surface area contributed by atoms with E-state index < -0.39 is 0 Å². The van der Waals surface area contributed by atoms with Gasteiger partial charge in [0.1, 0.15) is 5.75 Å². The summed E-state index contributed by atoms with van der Waals surface area (Å²) in [5.74, 6) is 0.445. The van der Waals surface area contributed by atoms with Crippen LogP contribution in [0.25, 0.3) is 0 Å². The lowest BCUT2D eigenvalue weighted by atomic mass is 9.92. The molecule has 2 aromatic rings. The Hall–Kier alpha value is -2.86. The number of hydrogen-bond acceptors (Lipinski definition) is 4. The monoisotopic (exact) mass is 393 g/mol. The molecule has 2 saturated heterocycles. The van der Waals surface area contributed by atoms with E-state index in [0.717, 1.165) is 30.1 Å². The standard InChI is InChI=1S/C23H27N3O3/c1-2-29-19-10-8-18(9-11-19)26-21(27)16-20(22(26)17-6-4-3-5-7-17)23(28)25-14-12-24-13-15-25/h3-11,20,22,24H,2,12-16H2,1H3/t20-,22-/m1/s1. The molecule has 0 radical (unpaired) electrons. The average molecular weight is 393 g/mol. The number of rotatable bonds is 5. The highest BCUT2D eigenvalue weighted by molar-refractivity contribution is 6.01. The first kappa shape index (κ1) is 19.5. The third kappa shape index (κ3) is 3.98. The van der Waals surface area contributed by atoms with Crippen molar-refractivity contribution in [3.8, 4) is 5.75 Å². The van der Waals surface area contributed by atoms with E-state index in [2.05, 4.69) is 5.32 Å². The van der Waals surface area contributed by atoms with E-state index in [-0.39, 0.29) is 30.2 Å². The fourth-order valence-electron chi connectivity index (χ4n) is 4.28. The van der Waals surface area contributed by atoms with Crippen molar-refractivity contribution in [1.82, 2.24) is 10.2 Å². The maximum Gasteiger partial charge on any atom is 0.228 e. The Labute approximate surface area is 171 Å². The summed E-state index contributed by atoms with van der Waals surface area (Å²) in [6.45, 7) is 5.50. The van der Waals surface area contributed by atoms with Crippen molar-refractivity contribution >= 4 is 17.5 Å². The normalized spacial score (nSPS) is 22.0. The molecule has 152 valence electrons. The predicted molar refractivity (Wildman–Crippen MR) is 112 cm³/mol. The molecule has 1 N–H and O–H groups in total. The molecular weight excluding hydrogens is 366 g/mol. The Morgan fingerprint density at radius 2 is 1.76 bits per heavy atom. The Bertz CT molecular complexity index is 847. The van der Waals surface area contributed by atoms with Crippen molar-refractivity contribution in [3.63, 3.8) is 0 Å². The van der Waals surface area contributed by atoms with Gasteiger partial charge in [-0.2, -0.15) is 0 Å². The summed E-state index contributed by atoms with van der Waals surface area (Å²) in [6.07, 6.45) is 0.232. The topological polar surface area (TPSA) is 61.9 Å². The van der Waals surface area contributed by atoms with E-state index in [1.54, 1.807) is 4.90 Å². The second-order valence-corrected chi connectivity index (χ2v) is 7.43. The number of nitrogens with zero attached hydrogens (tertiary/aromatic N) is 2. The summed E-state index contributed by atoms with van der Waals surface area (Å²) in [5, 5.41) is 3.28. The number of carbonyl (C=O) groups excluding carboxylic acids is 2. The SMILES string of the molecule is CCOc1ccc(N2C(=O)C[C@@H](C(=O)N3CCNCC3)[C@H]2c2ccccc2)cc1. The highest BCUT2D eigenvalue weighted by Gasteiger charge is 2.46. The van der Waals surface area contributed by atoms with Crippen LogP contribution in [0.3, 0.4) is 0 Å². The van der Waals surface area contributed by atoms with Gasteiger partial charge in [-0.15, -0.1) is 0 Å². The summed E-state index contributed by atoms with van der Waals surface area (Å²) in [6, 6.07) is 17.1. The molecule has 6 heteroatoms. The van der Waals surface area contributed by atoms with Gasteiger partial charge < -0.3 is 19.9 Å². The van der Waals surface area contributed by atoms with Crippen LogP contribution in [0.1, 0.15) is 24.9 Å². The van der Waals surface area contributed by atoms with Gasteiger partial charge in [0.15, 0.2) is 0 Å². The quantitative estimate of drug-likeness (QED) is 0.848. The summed E-state index contributed by atoms with van der Waals surface area (Å²) in [7, 11) is 0. The first-order valence-electron chi connectivity index (χ1n) is 10.3. The van der Waals surface area contributed by atoms with E-state index in [4.69, 9.17) is 4.74 Å². The van der Waals surface area contributed by atoms with Gasteiger partial charge in [0.25, 0.3) is 0 Å². The molecule has 0 aliphatic carbocycles. The highest BCUT2D eigenvalue weighted by Crippen LogP contribution is 2.42. The summed E-state index contributed by atoms with van der Waals surface area (Å²) >= 11 is 0. The number of ether oxygens (including phenoxy) is 1. The zero-order chi connectivity index (χ0) is 20.2. The van der Waals surface area contributed by atoms with Gasteiger partial charge in [0, 0.05) is 38.3 Å². The third-order valence-electron chi connectivity index (χ3n) is 5.64. The molecule has 6 nitrogen and oxygen atoms in total. The summed E-state index contributed by atoms with van der Waals surface area (Å²) in [5.41, 5.74) is 1.78. The van der Waals surface area contributed by atoms with Crippen LogP contribution >= 0.6 is 0 Å². The molecule has 2 aliphatic rings. The van der Waals surface area contributed by atoms with E-state index in [9.17, 15) is 9.59 Å². The number of amides is 2. The Kier molecular flexibility index (Phi) is 5.81. The number of carbonyl (C=O) groups is 2. The van der Waals surface area contributed by atoms with Gasteiger partial charge in [-0.1, -0.05) is 30.3 Å². The first-order valence-corrected chi connectivity index (χ1v) is 10.3. The molecule has 2 aromatic carbocycles. The van der Waals surface area contributed by atoms with Crippen LogP contribution in [0.4, 0.5) is 5.69 Å². The van der Waals surface area contributed by atoms with Gasteiger partial charge in [-0.25, -0.2) is 0 Å². The largest absolute Gasteiger partial charge is 0.494 e. The van der Waals surface area contributed by atoms with Crippen LogP contribution in [0.2, 0.25) is 0 Å². The minimum Gasteiger partial charge on any atom is -0.494 e. The number of nitrogens with one attached hydrogen (secondary N) is 1. The van der Waals surface area contributed by atoms with Crippen molar-refractivity contribution in [2.45, 2.75) is 19.4 Å². The van der Waals surface area contributed by atoms with Gasteiger partial charge >= 0.3 is 0 Å². The van der Waals surface area contributed by atoms with Gasteiger partial charge in [-0.3, -0.25) is 9.59 Å². The van der Waals surface area contributed by atoms with E-state index in [1.165, 1.54) is 0 Å². The van der Waals surface area contributed by atoms with Gasteiger partial charge in [0.05, 0.1) is 18.6 Å². The molecule has 2 heterocycles. The van der Waals surface area contributed by atoms with Gasteiger partial charge in [0.2, 0.25) is 11.8 Å². The summed E-state index contributed by atoms with van der Waals surface area (Å²) < 4.78 is 5.53. The number of hydrogen-bond donors (Lipinski definition) is 1. The molecule has 0 bridgehead atoms. The maximum absolute atomic E-state index is 13.3. The maximum atomic E-state index is 13.3. The van der Waals surface area contributed by atoms with E-state index in [1.807, 2.05) is 66.4 Å². The molecule has 29 heavy (non-hydrogen) atoms. The smallest absolute Gasteiger partial charge is 0.228 e. The molecule has 0 aromatic heterocycles. The molecule has 2 aliphatic heterocycles. The van der Waals surface area contributed by atoms with Crippen LogP contribution in [-0.4, -0.2) is 49.5 Å². The van der Waals surface area contributed by atoms with Crippen molar-refractivity contribution in [2.24, 2.45) is 5.92 Å². The lowest BCUT2D eigenvalue weighted by molar-refractivity contribution is -0.137. The van der Waals surface area contributed by atoms with E-state index >= 15 is 0 Å². The van der Waals surface area contributed by atoms with Gasteiger partial charge in [-0.05, 0) is 36.8 Å². The first-order chi connectivity index (χ1) is 14.2. The second-order valence-electron chi connectivity index (χ2n) is 7.43. The molecule has 2 atom stereocenters. The number of benzene rings is 2. The van der Waals surface area contributed by atoms with Crippen LogP contribution in [0.5, 0.6) is 5.75 Å². The van der Waals surface area contributed by atoms with Crippen molar-refractivity contribution in [2.75, 3.05) is 37.7 Å². The predicted octanol–water partition coefficient (Wildman–Crippen LogP) is 2.61. The summed E-state index contributed by atoms with van der Waals surface area (Å²) in [4.78, 5) is 30.1. The minimum absolute atomic E-state index is 0.0171. The Morgan fingerprint density at radius 1 is 1.07 bits per heavy atom. The Morgan fingerprint density at radius 3 is 2.41 bits per heavy atom. The Balaban J connectivity index is 1.68. The van der Waals surface area contributed by atoms with Crippen LogP contribution in [0, 0.1) is 5.92 Å².